The molecule has 0 spiro atoms. The molecule has 1 atom stereocenters. The third kappa shape index (κ3) is 8.39. The first-order valence-electron chi connectivity index (χ1n) is 12.4. The second-order valence-corrected chi connectivity index (χ2v) is 12.0. The Hall–Kier alpha value is -2.86. The zero-order valence-electron chi connectivity index (χ0n) is 22.2. The summed E-state index contributed by atoms with van der Waals surface area (Å²) in [7, 11) is 0. The first kappa shape index (κ1) is 26.7. The summed E-state index contributed by atoms with van der Waals surface area (Å²) in [4.78, 5) is 26.0. The highest BCUT2D eigenvalue weighted by atomic mass is 16.6. The third-order valence-electron chi connectivity index (χ3n) is 6.04. The van der Waals surface area contributed by atoms with Crippen LogP contribution in [0.5, 0.6) is 0 Å². The quantitative estimate of drug-likeness (QED) is 0.531. The van der Waals surface area contributed by atoms with Gasteiger partial charge in [0.2, 0.25) is 5.91 Å². The smallest absolute Gasteiger partial charge is 0.408 e. The maximum absolute atomic E-state index is 13.4. The average Bonchev–Trinajstić information content (AvgIpc) is 2.70. The molecule has 0 aromatic heterocycles. The number of ether oxygens (including phenoxy) is 1. The SMILES string of the molecule is CC1(C)CC(NC(=O)C(Cc2ccc(-c3ccccc3)cc2)NC(=O)OC(C)(C)C)CC(C)(C)N1. The first-order chi connectivity index (χ1) is 16.2. The van der Waals surface area contributed by atoms with E-state index < -0.39 is 17.7 Å². The fourth-order valence-corrected chi connectivity index (χ4v) is 5.08. The summed E-state index contributed by atoms with van der Waals surface area (Å²) < 4.78 is 5.45. The summed E-state index contributed by atoms with van der Waals surface area (Å²) in [6.07, 6.45) is 1.41. The molecule has 1 saturated heterocycles. The van der Waals surface area contributed by atoms with Crippen molar-refractivity contribution in [3.63, 3.8) is 0 Å². The fraction of sp³-hybridized carbons (Fsp3) is 0.517. The molecular weight excluding hydrogens is 438 g/mol. The minimum Gasteiger partial charge on any atom is -0.444 e. The van der Waals surface area contributed by atoms with Crippen molar-refractivity contribution in [2.45, 2.75) is 96.5 Å². The van der Waals surface area contributed by atoms with Crippen LogP contribution in [0.4, 0.5) is 4.79 Å². The lowest BCUT2D eigenvalue weighted by Crippen LogP contribution is -2.63. The van der Waals surface area contributed by atoms with Gasteiger partial charge in [-0.25, -0.2) is 4.79 Å². The molecule has 0 aliphatic carbocycles. The van der Waals surface area contributed by atoms with E-state index in [0.717, 1.165) is 29.5 Å². The number of hydrogen-bond donors (Lipinski definition) is 3. The normalized spacial score (nSPS) is 18.4. The minimum atomic E-state index is -0.742. The maximum atomic E-state index is 13.4. The molecule has 0 bridgehead atoms. The molecule has 3 N–H and O–H groups in total. The molecule has 0 saturated carbocycles. The number of rotatable bonds is 6. The summed E-state index contributed by atoms with van der Waals surface area (Å²) in [5.74, 6) is -0.193. The van der Waals surface area contributed by atoms with E-state index in [2.05, 4.69) is 55.8 Å². The van der Waals surface area contributed by atoms with E-state index in [1.807, 2.05) is 63.2 Å². The number of piperidine rings is 1. The van der Waals surface area contributed by atoms with Crippen LogP contribution >= 0.6 is 0 Å². The van der Waals surface area contributed by atoms with Gasteiger partial charge < -0.3 is 20.7 Å². The molecule has 1 fully saturated rings. The molecule has 3 rings (SSSR count). The Morgan fingerprint density at radius 2 is 1.49 bits per heavy atom. The van der Waals surface area contributed by atoms with E-state index in [9.17, 15) is 9.59 Å². The number of carbonyl (C=O) groups excluding carboxylic acids is 2. The van der Waals surface area contributed by atoms with Crippen molar-refractivity contribution in [2.75, 3.05) is 0 Å². The molecule has 1 heterocycles. The maximum Gasteiger partial charge on any atom is 0.408 e. The van der Waals surface area contributed by atoms with Gasteiger partial charge in [-0.05, 0) is 78.0 Å². The topological polar surface area (TPSA) is 79.5 Å². The second kappa shape index (κ2) is 10.4. The molecule has 190 valence electrons. The number of benzene rings is 2. The number of amides is 2. The van der Waals surface area contributed by atoms with Crippen molar-refractivity contribution in [1.29, 1.82) is 0 Å². The van der Waals surface area contributed by atoms with Crippen molar-refractivity contribution in [3.8, 4) is 11.1 Å². The van der Waals surface area contributed by atoms with Gasteiger partial charge in [0.05, 0.1) is 0 Å². The van der Waals surface area contributed by atoms with E-state index in [1.165, 1.54) is 0 Å². The van der Waals surface area contributed by atoms with Gasteiger partial charge in [-0.1, -0.05) is 54.6 Å². The van der Waals surface area contributed by atoms with Crippen LogP contribution in [0.2, 0.25) is 0 Å². The van der Waals surface area contributed by atoms with Gasteiger partial charge in [0.15, 0.2) is 0 Å². The molecule has 0 radical (unpaired) electrons. The third-order valence-corrected chi connectivity index (χ3v) is 6.04. The van der Waals surface area contributed by atoms with Gasteiger partial charge in [0.25, 0.3) is 0 Å². The molecule has 1 unspecified atom stereocenters. The van der Waals surface area contributed by atoms with Crippen LogP contribution in [0.3, 0.4) is 0 Å². The van der Waals surface area contributed by atoms with E-state index >= 15 is 0 Å². The molecule has 2 aromatic rings. The second-order valence-electron chi connectivity index (χ2n) is 12.0. The Morgan fingerprint density at radius 1 is 0.943 bits per heavy atom. The van der Waals surface area contributed by atoms with E-state index in [0.29, 0.717) is 6.42 Å². The predicted molar refractivity (Wildman–Crippen MR) is 141 cm³/mol. The lowest BCUT2D eigenvalue weighted by atomic mass is 9.79. The van der Waals surface area contributed by atoms with Crippen LogP contribution in [0.15, 0.2) is 54.6 Å². The number of nitrogens with one attached hydrogen (secondary N) is 3. The van der Waals surface area contributed by atoms with Gasteiger partial charge in [-0.3, -0.25) is 4.79 Å². The lowest BCUT2D eigenvalue weighted by Gasteiger charge is -2.46. The molecule has 2 amide bonds. The first-order valence-corrected chi connectivity index (χ1v) is 12.4. The zero-order valence-corrected chi connectivity index (χ0v) is 22.2. The van der Waals surface area contributed by atoms with Gasteiger partial charge >= 0.3 is 6.09 Å². The standard InChI is InChI=1S/C29H41N3O3/c1-27(2,3)35-26(34)31-24(25(33)30-23-18-28(4,5)32-29(6,7)19-23)17-20-13-15-22(16-14-20)21-11-9-8-10-12-21/h8-16,23-24,32H,17-19H2,1-7H3,(H,30,33)(H,31,34). The molecule has 1 aliphatic heterocycles. The monoisotopic (exact) mass is 479 g/mol. The highest BCUT2D eigenvalue weighted by Crippen LogP contribution is 2.28. The minimum absolute atomic E-state index is 0.0112. The summed E-state index contributed by atoms with van der Waals surface area (Å²) in [6, 6.07) is 17.5. The fourth-order valence-electron chi connectivity index (χ4n) is 5.08. The molecule has 2 aromatic carbocycles. The predicted octanol–water partition coefficient (Wildman–Crippen LogP) is 5.21. The molecule has 1 aliphatic rings. The van der Waals surface area contributed by atoms with E-state index in [1.54, 1.807) is 0 Å². The van der Waals surface area contributed by atoms with Crippen molar-refractivity contribution in [2.24, 2.45) is 0 Å². The molecule has 6 nitrogen and oxygen atoms in total. The van der Waals surface area contributed by atoms with Gasteiger partial charge in [-0.15, -0.1) is 0 Å². The Kier molecular flexibility index (Phi) is 7.95. The number of hydrogen-bond acceptors (Lipinski definition) is 4. The largest absolute Gasteiger partial charge is 0.444 e. The van der Waals surface area contributed by atoms with Crippen LogP contribution < -0.4 is 16.0 Å². The highest BCUT2D eigenvalue weighted by Gasteiger charge is 2.39. The highest BCUT2D eigenvalue weighted by molar-refractivity contribution is 5.86. The Balaban J connectivity index is 1.75. The summed E-state index contributed by atoms with van der Waals surface area (Å²) in [5.41, 5.74) is 2.37. The summed E-state index contributed by atoms with van der Waals surface area (Å²) in [6.45, 7) is 14.0. The van der Waals surface area contributed by atoms with Crippen LogP contribution in [-0.4, -0.2) is 40.8 Å². The van der Waals surface area contributed by atoms with E-state index in [-0.39, 0.29) is 23.0 Å². The Bertz CT molecular complexity index is 992. The summed E-state index contributed by atoms with van der Waals surface area (Å²) in [5, 5.41) is 9.66. The molecule has 6 heteroatoms. The molecular formula is C29H41N3O3. The zero-order chi connectivity index (χ0) is 25.9. The number of carbonyl (C=O) groups is 2. The number of alkyl carbamates (subject to hydrolysis) is 1. The van der Waals surface area contributed by atoms with Crippen LogP contribution in [0.25, 0.3) is 11.1 Å². The Labute approximate surface area is 210 Å². The van der Waals surface area contributed by atoms with Gasteiger partial charge in [0.1, 0.15) is 11.6 Å². The van der Waals surface area contributed by atoms with Crippen molar-refractivity contribution >= 4 is 12.0 Å². The van der Waals surface area contributed by atoms with Crippen LogP contribution in [-0.2, 0) is 16.0 Å². The van der Waals surface area contributed by atoms with Crippen molar-refractivity contribution < 1.29 is 14.3 Å². The van der Waals surface area contributed by atoms with E-state index in [4.69, 9.17) is 4.74 Å². The molecule has 35 heavy (non-hydrogen) atoms. The van der Waals surface area contributed by atoms with Crippen molar-refractivity contribution in [3.05, 3.63) is 60.2 Å². The van der Waals surface area contributed by atoms with Crippen LogP contribution in [0, 0.1) is 0 Å². The van der Waals surface area contributed by atoms with Crippen LogP contribution in [0.1, 0.15) is 66.9 Å². The van der Waals surface area contributed by atoms with Gasteiger partial charge in [-0.2, -0.15) is 0 Å². The average molecular weight is 480 g/mol. The lowest BCUT2D eigenvalue weighted by molar-refractivity contribution is -0.124. The van der Waals surface area contributed by atoms with Gasteiger partial charge in [0, 0.05) is 23.5 Å². The van der Waals surface area contributed by atoms with Crippen molar-refractivity contribution in [1.82, 2.24) is 16.0 Å². The summed E-state index contributed by atoms with van der Waals surface area (Å²) >= 11 is 0. The Morgan fingerprint density at radius 3 is 2.03 bits per heavy atom.